The monoisotopic (exact) mass is 243 g/mol. The average Bonchev–Trinajstić information content (AvgIpc) is 2.12. The van der Waals surface area contributed by atoms with Gasteiger partial charge in [0, 0.05) is 0 Å². The molecule has 2 atom stereocenters. The maximum atomic E-state index is 12.7. The first-order valence-corrected chi connectivity index (χ1v) is 4.66. The van der Waals surface area contributed by atoms with E-state index in [4.69, 9.17) is 5.21 Å². The molecule has 2 unspecified atom stereocenters. The van der Waals surface area contributed by atoms with Crippen LogP contribution in [0, 0.1) is 11.3 Å². The molecule has 4 nitrogen and oxygen atoms in total. The number of carbonyl (C=O) groups is 1. The molecule has 3 N–H and O–H groups in total. The van der Waals surface area contributed by atoms with Crippen LogP contribution < -0.4 is 5.48 Å². The van der Waals surface area contributed by atoms with Crippen molar-refractivity contribution in [1.82, 2.24) is 5.48 Å². The molecule has 0 fully saturated rings. The number of alkyl halides is 3. The number of nitrogens with one attached hydrogen (secondary N) is 1. The zero-order valence-electron chi connectivity index (χ0n) is 9.51. The maximum absolute atomic E-state index is 12.7. The average molecular weight is 243 g/mol. The minimum atomic E-state index is -4.97. The van der Waals surface area contributed by atoms with E-state index in [2.05, 4.69) is 0 Å². The summed E-state index contributed by atoms with van der Waals surface area (Å²) in [5.41, 5.74) is -4.25. The summed E-state index contributed by atoms with van der Waals surface area (Å²) in [5.74, 6) is -2.10. The van der Waals surface area contributed by atoms with Gasteiger partial charge in [-0.15, -0.1) is 0 Å². The highest BCUT2D eigenvalue weighted by atomic mass is 19.4. The first kappa shape index (κ1) is 15.2. The van der Waals surface area contributed by atoms with E-state index in [0.717, 1.165) is 6.92 Å². The zero-order chi connectivity index (χ0) is 13.4. The van der Waals surface area contributed by atoms with Crippen LogP contribution in [0.3, 0.4) is 0 Å². The van der Waals surface area contributed by atoms with Crippen molar-refractivity contribution in [2.75, 3.05) is 0 Å². The summed E-state index contributed by atoms with van der Waals surface area (Å²) in [4.78, 5) is 11.3. The number of rotatable bonds is 3. The van der Waals surface area contributed by atoms with Crippen molar-refractivity contribution in [2.24, 2.45) is 11.3 Å². The lowest BCUT2D eigenvalue weighted by Crippen LogP contribution is -2.63. The van der Waals surface area contributed by atoms with Gasteiger partial charge in [-0.1, -0.05) is 13.8 Å². The Morgan fingerprint density at radius 1 is 1.25 bits per heavy atom. The van der Waals surface area contributed by atoms with Gasteiger partial charge in [0.2, 0.25) is 0 Å². The zero-order valence-corrected chi connectivity index (χ0v) is 9.51. The van der Waals surface area contributed by atoms with Crippen molar-refractivity contribution >= 4 is 5.91 Å². The van der Waals surface area contributed by atoms with E-state index in [0.29, 0.717) is 6.92 Å². The smallest absolute Gasteiger partial charge is 0.380 e. The molecule has 96 valence electrons. The molecule has 0 aromatic rings. The van der Waals surface area contributed by atoms with Crippen LogP contribution in [0.4, 0.5) is 13.2 Å². The SMILES string of the molecule is CC(C)C(C)(C(=O)NO)C(C)(O)C(F)(F)F. The number of amides is 1. The summed E-state index contributed by atoms with van der Waals surface area (Å²) < 4.78 is 38.0. The topological polar surface area (TPSA) is 69.6 Å². The molecule has 0 aromatic heterocycles. The molecule has 0 aliphatic rings. The van der Waals surface area contributed by atoms with Crippen molar-refractivity contribution < 1.29 is 28.3 Å². The largest absolute Gasteiger partial charge is 0.417 e. The van der Waals surface area contributed by atoms with E-state index in [1.165, 1.54) is 19.3 Å². The summed E-state index contributed by atoms with van der Waals surface area (Å²) in [6.07, 6.45) is -4.97. The third-order valence-corrected chi connectivity index (χ3v) is 3.29. The molecular weight excluding hydrogens is 227 g/mol. The number of hydrogen-bond acceptors (Lipinski definition) is 3. The molecule has 0 saturated carbocycles. The molecule has 0 radical (unpaired) electrons. The minimum absolute atomic E-state index is 0.516. The quantitative estimate of drug-likeness (QED) is 0.519. The van der Waals surface area contributed by atoms with Gasteiger partial charge in [-0.05, 0) is 19.8 Å². The molecule has 0 aliphatic carbocycles. The third-order valence-electron chi connectivity index (χ3n) is 3.29. The fourth-order valence-electron chi connectivity index (χ4n) is 1.46. The molecule has 0 rings (SSSR count). The predicted octanol–water partition coefficient (Wildman–Crippen LogP) is 1.47. The Hall–Kier alpha value is -0.820. The van der Waals surface area contributed by atoms with Gasteiger partial charge in [-0.25, -0.2) is 5.48 Å². The van der Waals surface area contributed by atoms with Gasteiger partial charge >= 0.3 is 6.18 Å². The predicted molar refractivity (Wildman–Crippen MR) is 49.6 cm³/mol. The maximum Gasteiger partial charge on any atom is 0.417 e. The van der Waals surface area contributed by atoms with Gasteiger partial charge < -0.3 is 5.11 Å². The van der Waals surface area contributed by atoms with Crippen LogP contribution in [-0.2, 0) is 4.79 Å². The normalized spacial score (nSPS) is 20.1. The Balaban J connectivity index is 5.63. The summed E-state index contributed by atoms with van der Waals surface area (Å²) in [7, 11) is 0. The van der Waals surface area contributed by atoms with Gasteiger partial charge in [-0.3, -0.25) is 10.0 Å². The van der Waals surface area contributed by atoms with Gasteiger partial charge in [0.05, 0.1) is 5.41 Å². The second kappa shape index (κ2) is 4.21. The van der Waals surface area contributed by atoms with Gasteiger partial charge in [0.15, 0.2) is 5.60 Å². The van der Waals surface area contributed by atoms with Crippen molar-refractivity contribution in [3.05, 3.63) is 0 Å². The first-order valence-electron chi connectivity index (χ1n) is 4.66. The Labute approximate surface area is 91.4 Å². The van der Waals surface area contributed by atoms with Crippen LogP contribution >= 0.6 is 0 Å². The summed E-state index contributed by atoms with van der Waals surface area (Å²) in [6.45, 7) is 4.18. The van der Waals surface area contributed by atoms with Crippen LogP contribution in [-0.4, -0.2) is 28.0 Å². The molecule has 0 heterocycles. The lowest BCUT2D eigenvalue weighted by molar-refractivity contribution is -0.294. The third kappa shape index (κ3) is 2.01. The van der Waals surface area contributed by atoms with E-state index in [1.807, 2.05) is 0 Å². The van der Waals surface area contributed by atoms with Crippen LogP contribution in [0.25, 0.3) is 0 Å². The minimum Gasteiger partial charge on any atom is -0.380 e. The second-order valence-corrected chi connectivity index (χ2v) is 4.37. The standard InChI is InChI=1S/C9H16F3NO3/c1-5(2)7(3,6(14)13-16)8(4,15)9(10,11)12/h5,15-16H,1-4H3,(H,13,14). The van der Waals surface area contributed by atoms with E-state index >= 15 is 0 Å². The van der Waals surface area contributed by atoms with Crippen LogP contribution in [0.1, 0.15) is 27.7 Å². The lowest BCUT2D eigenvalue weighted by atomic mass is 9.66. The van der Waals surface area contributed by atoms with Crippen LogP contribution in [0.5, 0.6) is 0 Å². The lowest BCUT2D eigenvalue weighted by Gasteiger charge is -2.44. The number of aliphatic hydroxyl groups is 1. The van der Waals surface area contributed by atoms with Crippen molar-refractivity contribution in [2.45, 2.75) is 39.5 Å². The molecule has 16 heavy (non-hydrogen) atoms. The van der Waals surface area contributed by atoms with E-state index in [-0.39, 0.29) is 0 Å². The first-order chi connectivity index (χ1) is 6.92. The fourth-order valence-corrected chi connectivity index (χ4v) is 1.46. The molecule has 0 spiro atoms. The number of hydrogen-bond donors (Lipinski definition) is 3. The van der Waals surface area contributed by atoms with Crippen molar-refractivity contribution in [3.8, 4) is 0 Å². The second-order valence-electron chi connectivity index (χ2n) is 4.37. The Morgan fingerprint density at radius 2 is 1.62 bits per heavy atom. The molecule has 1 amide bonds. The number of halogens is 3. The van der Waals surface area contributed by atoms with E-state index < -0.39 is 29.0 Å². The van der Waals surface area contributed by atoms with Crippen molar-refractivity contribution in [3.63, 3.8) is 0 Å². The summed E-state index contributed by atoms with van der Waals surface area (Å²) >= 11 is 0. The summed E-state index contributed by atoms with van der Waals surface area (Å²) in [5, 5.41) is 18.0. The van der Waals surface area contributed by atoms with Crippen molar-refractivity contribution in [1.29, 1.82) is 0 Å². The van der Waals surface area contributed by atoms with Gasteiger partial charge in [0.25, 0.3) is 5.91 Å². The Bertz CT molecular complexity index is 276. The van der Waals surface area contributed by atoms with E-state index in [9.17, 15) is 23.1 Å². The summed E-state index contributed by atoms with van der Waals surface area (Å²) in [6, 6.07) is 0. The van der Waals surface area contributed by atoms with Gasteiger partial charge in [0.1, 0.15) is 0 Å². The van der Waals surface area contributed by atoms with Gasteiger partial charge in [-0.2, -0.15) is 13.2 Å². The highest BCUT2D eigenvalue weighted by molar-refractivity contribution is 5.83. The van der Waals surface area contributed by atoms with Crippen LogP contribution in [0.15, 0.2) is 0 Å². The Kier molecular flexibility index (Phi) is 4.00. The molecule has 0 aliphatic heterocycles. The molecule has 0 aromatic carbocycles. The molecule has 7 heteroatoms. The number of carbonyl (C=O) groups excluding carboxylic acids is 1. The highest BCUT2D eigenvalue weighted by Gasteiger charge is 2.65. The van der Waals surface area contributed by atoms with Crippen LogP contribution in [0.2, 0.25) is 0 Å². The number of hydroxylamine groups is 1. The fraction of sp³-hybridized carbons (Fsp3) is 0.889. The molecule has 0 bridgehead atoms. The highest BCUT2D eigenvalue weighted by Crippen LogP contribution is 2.47. The Morgan fingerprint density at radius 3 is 1.81 bits per heavy atom. The molecule has 0 saturated heterocycles. The van der Waals surface area contributed by atoms with E-state index in [1.54, 1.807) is 0 Å². The molecular formula is C9H16F3NO3.